The van der Waals surface area contributed by atoms with Crippen LogP contribution in [0.1, 0.15) is 72.3 Å². The number of rotatable bonds is 8. The van der Waals surface area contributed by atoms with E-state index in [4.69, 9.17) is 0 Å². The molecule has 0 aromatic carbocycles. The molecule has 1 aromatic rings. The molecule has 3 rings (SSSR count). The lowest BCUT2D eigenvalue weighted by Crippen LogP contribution is -2.54. The molecule has 0 bridgehead atoms. The van der Waals surface area contributed by atoms with Crippen LogP contribution in [-0.4, -0.2) is 65.5 Å². The van der Waals surface area contributed by atoms with E-state index in [0.717, 1.165) is 17.7 Å². The number of carbonyl (C=O) groups excluding carboxylic acids is 4. The Morgan fingerprint density at radius 3 is 2.19 bits per heavy atom. The fourth-order valence-electron chi connectivity index (χ4n) is 4.16. The first kappa shape index (κ1) is 23.4. The maximum absolute atomic E-state index is 12.4. The van der Waals surface area contributed by atoms with Gasteiger partial charge in [-0.15, -0.1) is 11.3 Å². The first-order valence-corrected chi connectivity index (χ1v) is 12.2. The van der Waals surface area contributed by atoms with Crippen molar-refractivity contribution in [1.29, 1.82) is 0 Å². The number of Topliss-reactive ketones (excluding diaryl/α,β-unsaturated/α-hetero) is 2. The van der Waals surface area contributed by atoms with Crippen molar-refractivity contribution in [3.05, 3.63) is 21.9 Å². The Hall–Kier alpha value is -2.22. The van der Waals surface area contributed by atoms with Gasteiger partial charge in [0, 0.05) is 62.8 Å². The summed E-state index contributed by atoms with van der Waals surface area (Å²) in [6, 6.07) is 3.95. The number of hydrogen-bond donors (Lipinski definition) is 1. The second-order valence-corrected chi connectivity index (χ2v) is 9.81. The topological polar surface area (TPSA) is 86.8 Å². The fourth-order valence-corrected chi connectivity index (χ4v) is 5.00. The van der Waals surface area contributed by atoms with Gasteiger partial charge < -0.3 is 15.1 Å². The molecule has 8 heteroatoms. The van der Waals surface area contributed by atoms with E-state index in [-0.39, 0.29) is 55.2 Å². The van der Waals surface area contributed by atoms with Gasteiger partial charge >= 0.3 is 6.03 Å². The Balaban J connectivity index is 1.31. The van der Waals surface area contributed by atoms with Crippen molar-refractivity contribution in [3.8, 4) is 0 Å². The van der Waals surface area contributed by atoms with Crippen molar-refractivity contribution in [2.75, 3.05) is 26.2 Å². The van der Waals surface area contributed by atoms with Gasteiger partial charge in [0.15, 0.2) is 5.78 Å². The smallest absolute Gasteiger partial charge is 0.317 e. The molecule has 31 heavy (non-hydrogen) atoms. The van der Waals surface area contributed by atoms with E-state index < -0.39 is 0 Å². The van der Waals surface area contributed by atoms with Crippen LogP contribution in [-0.2, 0) is 9.59 Å². The van der Waals surface area contributed by atoms with Crippen LogP contribution in [0.3, 0.4) is 0 Å². The van der Waals surface area contributed by atoms with Crippen molar-refractivity contribution in [1.82, 2.24) is 15.1 Å². The summed E-state index contributed by atoms with van der Waals surface area (Å²) in [5.74, 6) is -0.123. The van der Waals surface area contributed by atoms with Crippen molar-refractivity contribution < 1.29 is 19.2 Å². The summed E-state index contributed by atoms with van der Waals surface area (Å²) in [6.45, 7) is 3.99. The average molecular weight is 448 g/mol. The van der Waals surface area contributed by atoms with E-state index in [0.29, 0.717) is 31.1 Å². The number of piperazine rings is 1. The minimum absolute atomic E-state index is 0.0135. The van der Waals surface area contributed by atoms with Gasteiger partial charge in [0.1, 0.15) is 5.78 Å². The average Bonchev–Trinajstić information content (AvgIpc) is 3.23. The van der Waals surface area contributed by atoms with Crippen LogP contribution in [0.4, 0.5) is 4.79 Å². The van der Waals surface area contributed by atoms with E-state index in [1.165, 1.54) is 30.6 Å². The normalized spacial score (nSPS) is 17.5. The molecule has 1 saturated heterocycles. The van der Waals surface area contributed by atoms with Crippen LogP contribution in [0, 0.1) is 6.92 Å². The molecule has 170 valence electrons. The highest BCUT2D eigenvalue weighted by Gasteiger charge is 2.26. The lowest BCUT2D eigenvalue weighted by Gasteiger charge is -2.36. The number of urea groups is 1. The Kier molecular flexibility index (Phi) is 8.63. The van der Waals surface area contributed by atoms with Crippen molar-refractivity contribution >= 4 is 34.8 Å². The zero-order chi connectivity index (χ0) is 22.2. The molecule has 1 N–H and O–H groups in total. The monoisotopic (exact) mass is 447 g/mol. The molecular formula is C23H33N3O4S. The van der Waals surface area contributed by atoms with Crippen LogP contribution >= 0.6 is 11.3 Å². The molecular weight excluding hydrogens is 414 g/mol. The third-order valence-electron chi connectivity index (χ3n) is 6.12. The minimum atomic E-state index is -0.0551. The number of carbonyl (C=O) groups is 4. The number of thiophene rings is 1. The number of aryl methyl sites for hydroxylation is 1. The van der Waals surface area contributed by atoms with Crippen LogP contribution in [0.2, 0.25) is 0 Å². The molecule has 2 fully saturated rings. The molecule has 7 nitrogen and oxygen atoms in total. The molecule has 1 aliphatic heterocycles. The lowest BCUT2D eigenvalue weighted by molar-refractivity contribution is -0.134. The zero-order valence-corrected chi connectivity index (χ0v) is 19.2. The van der Waals surface area contributed by atoms with Crippen LogP contribution < -0.4 is 5.32 Å². The predicted octanol–water partition coefficient (Wildman–Crippen LogP) is 3.56. The van der Waals surface area contributed by atoms with Gasteiger partial charge in [0.05, 0.1) is 4.88 Å². The maximum Gasteiger partial charge on any atom is 0.317 e. The summed E-state index contributed by atoms with van der Waals surface area (Å²) in [7, 11) is 0. The number of hydrogen-bond acceptors (Lipinski definition) is 5. The summed E-state index contributed by atoms with van der Waals surface area (Å²) in [5, 5.41) is 3.12. The Morgan fingerprint density at radius 1 is 0.903 bits per heavy atom. The number of nitrogens with one attached hydrogen (secondary N) is 1. The van der Waals surface area contributed by atoms with E-state index >= 15 is 0 Å². The minimum Gasteiger partial charge on any atom is -0.339 e. The van der Waals surface area contributed by atoms with Crippen molar-refractivity contribution in [2.24, 2.45) is 0 Å². The Bertz CT molecular complexity index is 792. The van der Waals surface area contributed by atoms with Gasteiger partial charge in [0.2, 0.25) is 5.91 Å². The van der Waals surface area contributed by atoms with E-state index in [1.807, 2.05) is 13.0 Å². The number of ketones is 2. The van der Waals surface area contributed by atoms with Crippen LogP contribution in [0.5, 0.6) is 0 Å². The third kappa shape index (κ3) is 7.16. The SMILES string of the molecule is Cc1ccc(C(=O)CCC(=O)CCC(=O)N2CCN(C(=O)NC3CCCCC3)CC2)s1. The van der Waals surface area contributed by atoms with E-state index in [1.54, 1.807) is 15.9 Å². The summed E-state index contributed by atoms with van der Waals surface area (Å²) >= 11 is 1.44. The van der Waals surface area contributed by atoms with E-state index in [2.05, 4.69) is 5.32 Å². The molecule has 2 aliphatic rings. The zero-order valence-electron chi connectivity index (χ0n) is 18.4. The van der Waals surface area contributed by atoms with Gasteiger partial charge in [-0.3, -0.25) is 14.4 Å². The largest absolute Gasteiger partial charge is 0.339 e. The quantitative estimate of drug-likeness (QED) is 0.618. The number of nitrogens with zero attached hydrogens (tertiary/aromatic N) is 2. The molecule has 0 radical (unpaired) electrons. The second-order valence-electron chi connectivity index (χ2n) is 8.52. The van der Waals surface area contributed by atoms with Crippen molar-refractivity contribution in [3.63, 3.8) is 0 Å². The third-order valence-corrected chi connectivity index (χ3v) is 7.16. The summed E-state index contributed by atoms with van der Waals surface area (Å²) in [6.07, 6.45) is 6.41. The first-order chi connectivity index (χ1) is 14.9. The van der Waals surface area contributed by atoms with Gasteiger partial charge in [-0.2, -0.15) is 0 Å². The molecule has 1 aromatic heterocycles. The first-order valence-electron chi connectivity index (χ1n) is 11.4. The molecule has 2 heterocycles. The maximum atomic E-state index is 12.4. The summed E-state index contributed by atoms with van der Waals surface area (Å²) < 4.78 is 0. The summed E-state index contributed by atoms with van der Waals surface area (Å²) in [4.78, 5) is 54.4. The molecule has 0 atom stereocenters. The molecule has 0 spiro atoms. The Labute approximate surface area is 188 Å². The molecule has 3 amide bonds. The second kappa shape index (κ2) is 11.4. The number of amides is 3. The predicted molar refractivity (Wildman–Crippen MR) is 120 cm³/mol. The molecule has 1 aliphatic carbocycles. The standard InChI is InChI=1S/C23H33N3O4S/c1-17-7-11-21(31-17)20(28)10-8-19(27)9-12-22(29)25-13-15-26(16-14-25)23(30)24-18-5-3-2-4-6-18/h7,11,18H,2-6,8-10,12-16H2,1H3,(H,24,30). The highest BCUT2D eigenvalue weighted by atomic mass is 32.1. The molecule has 0 unspecified atom stereocenters. The van der Waals surface area contributed by atoms with Gasteiger partial charge in [-0.25, -0.2) is 4.79 Å². The van der Waals surface area contributed by atoms with Gasteiger partial charge in [-0.05, 0) is 31.9 Å². The van der Waals surface area contributed by atoms with Crippen LogP contribution in [0.15, 0.2) is 12.1 Å². The van der Waals surface area contributed by atoms with Gasteiger partial charge in [-0.1, -0.05) is 19.3 Å². The highest BCUT2D eigenvalue weighted by Crippen LogP contribution is 2.19. The van der Waals surface area contributed by atoms with Gasteiger partial charge in [0.25, 0.3) is 0 Å². The Morgan fingerprint density at radius 2 is 1.55 bits per heavy atom. The summed E-state index contributed by atoms with van der Waals surface area (Å²) in [5.41, 5.74) is 0. The van der Waals surface area contributed by atoms with E-state index in [9.17, 15) is 19.2 Å². The van der Waals surface area contributed by atoms with Crippen LogP contribution in [0.25, 0.3) is 0 Å². The fraction of sp³-hybridized carbons (Fsp3) is 0.652. The lowest BCUT2D eigenvalue weighted by atomic mass is 9.96. The molecule has 1 saturated carbocycles. The van der Waals surface area contributed by atoms with Crippen molar-refractivity contribution in [2.45, 2.75) is 70.8 Å². The highest BCUT2D eigenvalue weighted by molar-refractivity contribution is 7.14.